The van der Waals surface area contributed by atoms with Gasteiger partial charge in [0.15, 0.2) is 0 Å². The minimum atomic E-state index is -0.541. The third-order valence-electron chi connectivity index (χ3n) is 5.77. The molecule has 1 atom stereocenters. The summed E-state index contributed by atoms with van der Waals surface area (Å²) in [5.41, 5.74) is 2.49. The quantitative estimate of drug-likeness (QED) is 0.581. The molecule has 1 aromatic heterocycles. The predicted molar refractivity (Wildman–Crippen MR) is 127 cm³/mol. The first-order valence-electron chi connectivity index (χ1n) is 11.1. The Morgan fingerprint density at radius 2 is 1.79 bits per heavy atom. The number of amides is 2. The number of hydrogen-bond donors (Lipinski definition) is 2. The second-order valence-electron chi connectivity index (χ2n) is 7.94. The summed E-state index contributed by atoms with van der Waals surface area (Å²) in [5.74, 6) is 0.140. The van der Waals surface area contributed by atoms with Crippen molar-refractivity contribution in [3.63, 3.8) is 0 Å². The number of carbonyl (C=O) groups is 2. The van der Waals surface area contributed by atoms with Crippen molar-refractivity contribution in [2.24, 2.45) is 0 Å². The van der Waals surface area contributed by atoms with Gasteiger partial charge in [0.2, 0.25) is 11.9 Å². The number of hydrogen-bond acceptors (Lipinski definition) is 6. The molecule has 8 nitrogen and oxygen atoms in total. The van der Waals surface area contributed by atoms with Crippen LogP contribution in [0.15, 0.2) is 73.1 Å². The largest absolute Gasteiger partial charge is 0.357 e. The standard InChI is InChI=1S/C25H28N6O2/c1-26-23(32)22-18-30(14-11-19-7-3-2-4-8-19)15-16-31(22)24(33)20-9-5-10-21(17-20)29-25-27-12-6-13-28-25/h2-10,12-13,17,22H,11,14-16,18H2,1H3,(H,26,32)(H,27,28,29). The van der Waals surface area contributed by atoms with Gasteiger partial charge in [0, 0.05) is 56.9 Å². The average Bonchev–Trinajstić information content (AvgIpc) is 2.88. The summed E-state index contributed by atoms with van der Waals surface area (Å²) < 4.78 is 0. The van der Waals surface area contributed by atoms with E-state index in [1.54, 1.807) is 42.5 Å². The molecule has 2 heterocycles. The maximum Gasteiger partial charge on any atom is 0.254 e. The fraction of sp³-hybridized carbons (Fsp3) is 0.280. The highest BCUT2D eigenvalue weighted by Gasteiger charge is 2.35. The van der Waals surface area contributed by atoms with Gasteiger partial charge >= 0.3 is 0 Å². The summed E-state index contributed by atoms with van der Waals surface area (Å²) in [6.45, 7) is 2.57. The van der Waals surface area contributed by atoms with Crippen LogP contribution in [0.5, 0.6) is 0 Å². The number of nitrogens with one attached hydrogen (secondary N) is 2. The molecule has 2 amide bonds. The van der Waals surface area contributed by atoms with Crippen molar-refractivity contribution < 1.29 is 9.59 Å². The molecule has 2 aromatic carbocycles. The fourth-order valence-corrected chi connectivity index (χ4v) is 4.00. The summed E-state index contributed by atoms with van der Waals surface area (Å²) in [4.78, 5) is 38.3. The number of piperazine rings is 1. The highest BCUT2D eigenvalue weighted by atomic mass is 16.2. The zero-order valence-corrected chi connectivity index (χ0v) is 18.6. The van der Waals surface area contributed by atoms with E-state index < -0.39 is 6.04 Å². The topological polar surface area (TPSA) is 90.5 Å². The van der Waals surface area contributed by atoms with Crippen molar-refractivity contribution in [1.82, 2.24) is 25.1 Å². The van der Waals surface area contributed by atoms with Crippen molar-refractivity contribution >= 4 is 23.5 Å². The van der Waals surface area contributed by atoms with Gasteiger partial charge in [-0.3, -0.25) is 14.5 Å². The molecule has 170 valence electrons. The first kappa shape index (κ1) is 22.4. The van der Waals surface area contributed by atoms with Gasteiger partial charge in [0.1, 0.15) is 6.04 Å². The van der Waals surface area contributed by atoms with Gasteiger partial charge < -0.3 is 15.5 Å². The minimum Gasteiger partial charge on any atom is -0.357 e. The van der Waals surface area contributed by atoms with Crippen molar-refractivity contribution in [2.45, 2.75) is 12.5 Å². The van der Waals surface area contributed by atoms with E-state index in [0.29, 0.717) is 30.3 Å². The van der Waals surface area contributed by atoms with Crippen molar-refractivity contribution in [2.75, 3.05) is 38.5 Å². The Labute approximate surface area is 193 Å². The summed E-state index contributed by atoms with van der Waals surface area (Å²) in [7, 11) is 1.61. The number of rotatable bonds is 7. The number of aromatic nitrogens is 2. The molecular formula is C25H28N6O2. The molecule has 1 unspecified atom stereocenters. The number of likely N-dealkylation sites (N-methyl/N-ethyl adjacent to an activating group) is 1. The average molecular weight is 445 g/mol. The van der Waals surface area contributed by atoms with E-state index in [4.69, 9.17) is 0 Å². The molecule has 4 rings (SSSR count). The highest BCUT2D eigenvalue weighted by molar-refractivity contribution is 5.98. The second kappa shape index (κ2) is 10.7. The van der Waals surface area contributed by atoms with Crippen LogP contribution in [-0.2, 0) is 11.2 Å². The van der Waals surface area contributed by atoms with Crippen LogP contribution in [0.3, 0.4) is 0 Å². The molecule has 1 fully saturated rings. The zero-order valence-electron chi connectivity index (χ0n) is 18.6. The Hall–Kier alpha value is -3.78. The number of carbonyl (C=O) groups excluding carboxylic acids is 2. The molecule has 1 aliphatic rings. The normalized spacial score (nSPS) is 16.3. The Morgan fingerprint density at radius 3 is 2.55 bits per heavy atom. The predicted octanol–water partition coefficient (Wildman–Crippen LogP) is 2.34. The van der Waals surface area contributed by atoms with Gasteiger partial charge in [0.05, 0.1) is 0 Å². The van der Waals surface area contributed by atoms with Crippen LogP contribution in [0.25, 0.3) is 0 Å². The van der Waals surface area contributed by atoms with Crippen LogP contribution in [0.4, 0.5) is 11.6 Å². The third-order valence-corrected chi connectivity index (χ3v) is 5.77. The molecule has 1 aliphatic heterocycles. The van der Waals surface area contributed by atoms with E-state index in [0.717, 1.165) is 19.5 Å². The van der Waals surface area contributed by atoms with E-state index in [1.807, 2.05) is 30.3 Å². The van der Waals surface area contributed by atoms with Crippen molar-refractivity contribution in [1.29, 1.82) is 0 Å². The SMILES string of the molecule is CNC(=O)C1CN(CCc2ccccc2)CCN1C(=O)c1cccc(Nc2ncccn2)c1. The Morgan fingerprint density at radius 1 is 1.00 bits per heavy atom. The lowest BCUT2D eigenvalue weighted by Gasteiger charge is -2.40. The van der Waals surface area contributed by atoms with Crippen molar-refractivity contribution in [3.05, 3.63) is 84.2 Å². The van der Waals surface area contributed by atoms with Crippen LogP contribution < -0.4 is 10.6 Å². The Kier molecular flexibility index (Phi) is 7.26. The van der Waals surface area contributed by atoms with Gasteiger partial charge in [-0.2, -0.15) is 0 Å². The molecular weight excluding hydrogens is 416 g/mol. The molecule has 1 saturated heterocycles. The first-order chi connectivity index (χ1) is 16.1. The van der Waals surface area contributed by atoms with Crippen molar-refractivity contribution in [3.8, 4) is 0 Å². The minimum absolute atomic E-state index is 0.153. The molecule has 0 radical (unpaired) electrons. The van der Waals surface area contributed by atoms with E-state index in [-0.39, 0.29) is 11.8 Å². The fourth-order valence-electron chi connectivity index (χ4n) is 4.00. The lowest BCUT2D eigenvalue weighted by atomic mass is 10.1. The molecule has 0 spiro atoms. The molecule has 3 aromatic rings. The van der Waals surface area contributed by atoms with Crippen LogP contribution in [0.2, 0.25) is 0 Å². The van der Waals surface area contributed by atoms with Gasteiger partial charge in [-0.25, -0.2) is 9.97 Å². The number of benzene rings is 2. The van der Waals surface area contributed by atoms with E-state index in [1.165, 1.54) is 5.56 Å². The van der Waals surface area contributed by atoms with Crippen LogP contribution in [-0.4, -0.2) is 70.9 Å². The van der Waals surface area contributed by atoms with E-state index in [9.17, 15) is 9.59 Å². The zero-order chi connectivity index (χ0) is 23.0. The maximum atomic E-state index is 13.4. The van der Waals surface area contributed by atoms with Gasteiger partial charge in [-0.05, 0) is 36.2 Å². The first-order valence-corrected chi connectivity index (χ1v) is 11.1. The monoisotopic (exact) mass is 444 g/mol. The molecule has 0 saturated carbocycles. The molecule has 0 aliphatic carbocycles. The van der Waals surface area contributed by atoms with E-state index >= 15 is 0 Å². The van der Waals surface area contributed by atoms with Crippen LogP contribution >= 0.6 is 0 Å². The third kappa shape index (κ3) is 5.72. The maximum absolute atomic E-state index is 13.4. The van der Waals surface area contributed by atoms with Crippen LogP contribution in [0, 0.1) is 0 Å². The molecule has 0 bridgehead atoms. The lowest BCUT2D eigenvalue weighted by molar-refractivity contribution is -0.127. The molecule has 33 heavy (non-hydrogen) atoms. The molecule has 2 N–H and O–H groups in total. The summed E-state index contributed by atoms with van der Waals surface area (Å²) >= 11 is 0. The summed E-state index contributed by atoms with van der Waals surface area (Å²) in [5, 5.41) is 5.83. The highest BCUT2D eigenvalue weighted by Crippen LogP contribution is 2.19. The van der Waals surface area contributed by atoms with Gasteiger partial charge in [-0.15, -0.1) is 0 Å². The second-order valence-corrected chi connectivity index (χ2v) is 7.94. The van der Waals surface area contributed by atoms with Crippen LogP contribution in [0.1, 0.15) is 15.9 Å². The number of anilines is 2. The lowest BCUT2D eigenvalue weighted by Crippen LogP contribution is -2.60. The summed E-state index contributed by atoms with van der Waals surface area (Å²) in [6, 6.07) is 18.7. The Bertz CT molecular complexity index is 1080. The Balaban J connectivity index is 1.45. The molecule has 8 heteroatoms. The number of nitrogens with zero attached hydrogens (tertiary/aromatic N) is 4. The van der Waals surface area contributed by atoms with E-state index in [2.05, 4.69) is 37.6 Å². The smallest absolute Gasteiger partial charge is 0.254 e. The van der Waals surface area contributed by atoms with Gasteiger partial charge in [0.25, 0.3) is 5.91 Å². The van der Waals surface area contributed by atoms with Gasteiger partial charge in [-0.1, -0.05) is 36.4 Å². The summed E-state index contributed by atoms with van der Waals surface area (Å²) in [6.07, 6.45) is 4.20.